The number of aromatic nitrogens is 2. The largest absolute Gasteiger partial charge is 1.00 e. The van der Waals surface area contributed by atoms with Crippen molar-refractivity contribution in [2.24, 2.45) is 0 Å². The predicted molar refractivity (Wildman–Crippen MR) is 64.4 cm³/mol. The van der Waals surface area contributed by atoms with E-state index in [2.05, 4.69) is 14.9 Å². The Balaban J connectivity index is 0.000000902. The number of carbonyl (C=O) groups is 1. The Morgan fingerprint density at radius 2 is 2.17 bits per heavy atom. The van der Waals surface area contributed by atoms with E-state index in [1.165, 1.54) is 12.6 Å². The minimum Gasteiger partial charge on any atom is -1.00 e. The summed E-state index contributed by atoms with van der Waals surface area (Å²) in [5.41, 5.74) is 0.787. The van der Waals surface area contributed by atoms with Crippen LogP contribution in [0.4, 0.5) is 5.82 Å². The number of pyridine rings is 2. The van der Waals surface area contributed by atoms with E-state index in [1.54, 1.807) is 6.07 Å². The van der Waals surface area contributed by atoms with Crippen molar-refractivity contribution in [2.75, 3.05) is 18.0 Å². The van der Waals surface area contributed by atoms with Crippen molar-refractivity contribution in [1.29, 1.82) is 0 Å². The van der Waals surface area contributed by atoms with E-state index in [4.69, 9.17) is 5.11 Å². The molecule has 1 saturated heterocycles. The Hall–Kier alpha value is -1.57. The van der Waals surface area contributed by atoms with Gasteiger partial charge in [0.1, 0.15) is 5.82 Å². The van der Waals surface area contributed by atoms with Crippen molar-refractivity contribution >= 4 is 22.8 Å². The number of nitrogens with zero attached hydrogens (tertiary/aromatic N) is 3. The summed E-state index contributed by atoms with van der Waals surface area (Å²) in [6.07, 6.45) is 2.54. The standard InChI is InChI=1S/C12H11N3O2.Li.H/c16-12(17)9-6-8-2-3-10(15-4-1-5-15)14-11(8)13-7-9;;/h2-3,6-7H,1,4-5H2,(H,16,17);;/q;+1;-1. The molecule has 88 valence electrons. The van der Waals surface area contributed by atoms with Gasteiger partial charge in [0, 0.05) is 24.7 Å². The van der Waals surface area contributed by atoms with Crippen molar-refractivity contribution < 1.29 is 30.2 Å². The Morgan fingerprint density at radius 3 is 2.78 bits per heavy atom. The van der Waals surface area contributed by atoms with Gasteiger partial charge in [0.25, 0.3) is 0 Å². The monoisotopic (exact) mass is 237 g/mol. The van der Waals surface area contributed by atoms with Gasteiger partial charge in [-0.25, -0.2) is 14.8 Å². The number of hydrogen-bond donors (Lipinski definition) is 1. The van der Waals surface area contributed by atoms with E-state index in [0.717, 1.165) is 24.3 Å². The third-order valence-corrected chi connectivity index (χ3v) is 2.95. The third kappa shape index (κ3) is 2.19. The quantitative estimate of drug-likeness (QED) is 0.654. The number of carboxylic acids is 1. The smallest absolute Gasteiger partial charge is 1.00 e. The number of carboxylic acid groups (broad SMARTS) is 1. The summed E-state index contributed by atoms with van der Waals surface area (Å²) in [4.78, 5) is 21.5. The fourth-order valence-electron chi connectivity index (χ4n) is 1.84. The topological polar surface area (TPSA) is 66.3 Å². The van der Waals surface area contributed by atoms with Crippen molar-refractivity contribution in [3.63, 3.8) is 0 Å². The number of fused-ring (bicyclic) bond motifs is 1. The summed E-state index contributed by atoms with van der Waals surface area (Å²) in [5.74, 6) is -0.0504. The number of aromatic carboxylic acids is 1. The van der Waals surface area contributed by atoms with Crippen LogP contribution in [0.15, 0.2) is 24.4 Å². The van der Waals surface area contributed by atoms with E-state index < -0.39 is 5.97 Å². The van der Waals surface area contributed by atoms with Crippen LogP contribution < -0.4 is 23.8 Å². The van der Waals surface area contributed by atoms with Gasteiger partial charge in [-0.05, 0) is 24.6 Å². The molecule has 6 heteroatoms. The average molecular weight is 237 g/mol. The molecule has 1 N–H and O–H groups in total. The van der Waals surface area contributed by atoms with Crippen LogP contribution in [0.3, 0.4) is 0 Å². The van der Waals surface area contributed by atoms with Gasteiger partial charge in [0.2, 0.25) is 0 Å². The van der Waals surface area contributed by atoms with Crippen LogP contribution in [0.25, 0.3) is 11.0 Å². The molecule has 0 unspecified atom stereocenters. The summed E-state index contributed by atoms with van der Waals surface area (Å²) < 4.78 is 0. The number of anilines is 1. The zero-order valence-corrected chi connectivity index (χ0v) is 10.1. The molecule has 1 aliphatic heterocycles. The van der Waals surface area contributed by atoms with E-state index in [-0.39, 0.29) is 25.9 Å². The van der Waals surface area contributed by atoms with Crippen LogP contribution in [-0.4, -0.2) is 34.1 Å². The summed E-state index contributed by atoms with van der Waals surface area (Å²) in [5, 5.41) is 9.62. The van der Waals surface area contributed by atoms with Gasteiger partial charge >= 0.3 is 24.8 Å². The molecule has 0 aliphatic carbocycles. The first-order chi connectivity index (χ1) is 8.24. The van der Waals surface area contributed by atoms with E-state index in [0.29, 0.717) is 5.65 Å². The number of rotatable bonds is 2. The molecule has 0 spiro atoms. The maximum atomic E-state index is 10.8. The molecule has 0 bridgehead atoms. The fourth-order valence-corrected chi connectivity index (χ4v) is 1.84. The molecule has 0 saturated carbocycles. The van der Waals surface area contributed by atoms with Crippen molar-refractivity contribution in [1.82, 2.24) is 9.97 Å². The van der Waals surface area contributed by atoms with Crippen LogP contribution in [-0.2, 0) is 0 Å². The van der Waals surface area contributed by atoms with Crippen molar-refractivity contribution in [3.8, 4) is 0 Å². The molecule has 18 heavy (non-hydrogen) atoms. The molecule has 0 atom stereocenters. The van der Waals surface area contributed by atoms with Crippen LogP contribution >= 0.6 is 0 Å². The Labute approximate surface area is 118 Å². The second kappa shape index (κ2) is 4.97. The molecule has 1 aliphatic rings. The molecular formula is C12H12LiN3O2. The summed E-state index contributed by atoms with van der Waals surface area (Å²) in [6, 6.07) is 5.38. The molecule has 0 aromatic carbocycles. The van der Waals surface area contributed by atoms with Gasteiger partial charge in [0.05, 0.1) is 5.56 Å². The van der Waals surface area contributed by atoms with Gasteiger partial charge in [-0.2, -0.15) is 0 Å². The SMILES string of the molecule is O=C(O)c1cnc2nc(N3CCC3)ccc2c1.[H-].[Li+]. The summed E-state index contributed by atoms with van der Waals surface area (Å²) in [6.45, 7) is 2.07. The fraction of sp³-hybridized carbons (Fsp3) is 0.250. The normalized spacial score (nSPS) is 13.9. The van der Waals surface area contributed by atoms with E-state index in [1.807, 2.05) is 12.1 Å². The minimum atomic E-state index is -0.966. The molecular weight excluding hydrogens is 225 g/mol. The minimum absolute atomic E-state index is 0. The molecule has 1 fully saturated rings. The second-order valence-corrected chi connectivity index (χ2v) is 4.09. The zero-order chi connectivity index (χ0) is 11.8. The third-order valence-electron chi connectivity index (χ3n) is 2.95. The molecule has 2 aromatic heterocycles. The van der Waals surface area contributed by atoms with Gasteiger partial charge in [0.15, 0.2) is 5.65 Å². The first kappa shape index (κ1) is 12.9. The predicted octanol–water partition coefficient (Wildman–Crippen LogP) is -1.35. The molecule has 0 amide bonds. The molecule has 5 nitrogen and oxygen atoms in total. The molecule has 2 aromatic rings. The van der Waals surface area contributed by atoms with Crippen LogP contribution in [0.2, 0.25) is 0 Å². The van der Waals surface area contributed by atoms with Crippen LogP contribution in [0.1, 0.15) is 18.2 Å². The van der Waals surface area contributed by atoms with E-state index in [9.17, 15) is 4.79 Å². The number of hydrogen-bond acceptors (Lipinski definition) is 4. The second-order valence-electron chi connectivity index (χ2n) is 4.09. The van der Waals surface area contributed by atoms with Gasteiger partial charge in [-0.1, -0.05) is 0 Å². The summed E-state index contributed by atoms with van der Waals surface area (Å²) in [7, 11) is 0. The van der Waals surface area contributed by atoms with Crippen LogP contribution in [0, 0.1) is 0 Å². The van der Waals surface area contributed by atoms with E-state index >= 15 is 0 Å². The Bertz CT molecular complexity index is 605. The Morgan fingerprint density at radius 1 is 1.39 bits per heavy atom. The van der Waals surface area contributed by atoms with Crippen LogP contribution in [0.5, 0.6) is 0 Å². The van der Waals surface area contributed by atoms with Crippen molar-refractivity contribution in [3.05, 3.63) is 30.0 Å². The van der Waals surface area contributed by atoms with Gasteiger partial charge in [-0.15, -0.1) is 0 Å². The Kier molecular flexibility index (Phi) is 3.55. The first-order valence-electron chi connectivity index (χ1n) is 5.49. The maximum Gasteiger partial charge on any atom is 1.00 e. The molecule has 3 heterocycles. The average Bonchev–Trinajstić information content (AvgIpc) is 2.26. The van der Waals surface area contributed by atoms with Gasteiger partial charge < -0.3 is 11.4 Å². The zero-order valence-electron chi connectivity index (χ0n) is 11.1. The maximum absolute atomic E-state index is 10.8. The molecule has 0 radical (unpaired) electrons. The van der Waals surface area contributed by atoms with Crippen molar-refractivity contribution in [2.45, 2.75) is 6.42 Å². The first-order valence-corrected chi connectivity index (χ1v) is 5.49. The summed E-state index contributed by atoms with van der Waals surface area (Å²) >= 11 is 0. The molecule has 3 rings (SSSR count). The van der Waals surface area contributed by atoms with Gasteiger partial charge in [-0.3, -0.25) is 0 Å².